The number of allylic oxidation sites excluding steroid dienone is 1. The Kier molecular flexibility index (Phi) is 10.7. The van der Waals surface area contributed by atoms with Gasteiger partial charge in [0.05, 0.1) is 11.2 Å². The van der Waals surface area contributed by atoms with Gasteiger partial charge in [-0.25, -0.2) is 4.79 Å². The van der Waals surface area contributed by atoms with Gasteiger partial charge in [-0.3, -0.25) is 19.2 Å². The fraction of sp³-hybridized carbons (Fsp3) is 0.591. The molecule has 2 amide bonds. The number of carbonyl (C=O) groups is 5. The van der Waals surface area contributed by atoms with Crippen molar-refractivity contribution in [2.75, 3.05) is 5.75 Å². The number of hydrogen-bond donors (Lipinski definition) is 6. The fourth-order valence-electron chi connectivity index (χ4n) is 3.67. The number of fused-ring (bicyclic) bond motifs is 1. The lowest BCUT2D eigenvalue weighted by Gasteiger charge is -2.23. The summed E-state index contributed by atoms with van der Waals surface area (Å²) in [5.74, 6) is -4.77. The number of amides is 2. The van der Waals surface area contributed by atoms with Crippen LogP contribution in [0, 0.1) is 5.92 Å². The second kappa shape index (κ2) is 13.3. The lowest BCUT2D eigenvalue weighted by atomic mass is 9.90. The zero-order valence-corrected chi connectivity index (χ0v) is 20.1. The maximum Gasteiger partial charge on any atom is 0.353 e. The maximum absolute atomic E-state index is 12.6. The van der Waals surface area contributed by atoms with Crippen molar-refractivity contribution >= 4 is 41.5 Å². The predicted molar refractivity (Wildman–Crippen MR) is 125 cm³/mol. The maximum atomic E-state index is 12.6. The van der Waals surface area contributed by atoms with Crippen molar-refractivity contribution in [2.45, 2.75) is 69.0 Å². The zero-order valence-electron chi connectivity index (χ0n) is 19.3. The highest BCUT2D eigenvalue weighted by Crippen LogP contribution is 2.40. The molecular formula is C22H31N3O9S. The minimum absolute atomic E-state index is 0.0194. The molecule has 0 aromatic carbocycles. The fourth-order valence-corrected chi connectivity index (χ4v) is 5.08. The molecule has 0 bridgehead atoms. The molecule has 13 heteroatoms. The lowest BCUT2D eigenvalue weighted by molar-refractivity contribution is -0.151. The molecule has 7 N–H and O–H groups in total. The summed E-state index contributed by atoms with van der Waals surface area (Å²) in [6.07, 6.45) is 3.96. The molecule has 2 rings (SSSR count). The van der Waals surface area contributed by atoms with Gasteiger partial charge in [0.1, 0.15) is 17.8 Å². The van der Waals surface area contributed by atoms with Crippen molar-refractivity contribution in [2.24, 2.45) is 11.7 Å². The van der Waals surface area contributed by atoms with Gasteiger partial charge in [-0.05, 0) is 31.3 Å². The third kappa shape index (κ3) is 8.08. The van der Waals surface area contributed by atoms with Crippen LogP contribution in [0.5, 0.6) is 0 Å². The Morgan fingerprint density at radius 2 is 1.91 bits per heavy atom. The molecule has 194 valence electrons. The number of nitrogens with two attached hydrogens (primary N) is 1. The summed E-state index contributed by atoms with van der Waals surface area (Å²) in [5, 5.41) is 31.3. The third-order valence-electron chi connectivity index (χ3n) is 5.54. The number of thioether (sulfide) groups is 1. The third-order valence-corrected chi connectivity index (χ3v) is 6.91. The van der Waals surface area contributed by atoms with Gasteiger partial charge >= 0.3 is 17.9 Å². The monoisotopic (exact) mass is 513 g/mol. The van der Waals surface area contributed by atoms with E-state index >= 15 is 0 Å². The van der Waals surface area contributed by atoms with E-state index in [4.69, 9.17) is 20.7 Å². The predicted octanol–water partition coefficient (Wildman–Crippen LogP) is -0.138. The molecule has 1 aliphatic heterocycles. The first-order valence-corrected chi connectivity index (χ1v) is 12.3. The molecular weight excluding hydrogens is 482 g/mol. The minimum Gasteiger partial charge on any atom is -0.480 e. The van der Waals surface area contributed by atoms with Crippen LogP contribution in [-0.4, -0.2) is 74.4 Å². The standard InChI is InChI=1S/C22H31N3O9S/c1-2-5-15(17-11-6-3-4-7-12(11)22(33)34-17)35-10-14(18(27)25-19(28)21(31)32)24-16(26)9-8-13(23)20(29)30/h4,7,12-15,19,28H,2-3,5-6,8-10,23H2,1H3,(H,24,26)(H,25,27)(H,29,30)(H,31,32). The summed E-state index contributed by atoms with van der Waals surface area (Å²) in [6.45, 7) is 1.95. The number of carboxylic acids is 2. The molecule has 0 fully saturated rings. The smallest absolute Gasteiger partial charge is 0.353 e. The van der Waals surface area contributed by atoms with Crippen molar-refractivity contribution in [1.29, 1.82) is 0 Å². The number of hydrogen-bond acceptors (Lipinski definition) is 9. The summed E-state index contributed by atoms with van der Waals surface area (Å²) < 4.78 is 5.57. The van der Waals surface area contributed by atoms with Crippen molar-refractivity contribution < 1.29 is 44.0 Å². The first-order valence-electron chi connectivity index (χ1n) is 11.3. The second-order valence-corrected chi connectivity index (χ2v) is 9.45. The van der Waals surface area contributed by atoms with Gasteiger partial charge in [-0.2, -0.15) is 0 Å². The van der Waals surface area contributed by atoms with Gasteiger partial charge in [-0.1, -0.05) is 25.5 Å². The molecule has 5 atom stereocenters. The van der Waals surface area contributed by atoms with Gasteiger partial charge in [-0.15, -0.1) is 11.8 Å². The van der Waals surface area contributed by atoms with Gasteiger partial charge in [0.25, 0.3) is 0 Å². The largest absolute Gasteiger partial charge is 0.480 e. The quantitative estimate of drug-likeness (QED) is 0.102. The molecule has 5 unspecified atom stereocenters. The highest BCUT2D eigenvalue weighted by atomic mass is 32.2. The Bertz CT molecular complexity index is 905. The lowest BCUT2D eigenvalue weighted by Crippen LogP contribution is -2.53. The molecule has 1 heterocycles. The number of aliphatic hydroxyl groups excluding tert-OH is 1. The van der Waals surface area contributed by atoms with E-state index in [1.165, 1.54) is 11.8 Å². The first-order chi connectivity index (χ1) is 16.5. The SMILES string of the molecule is CCCC(SCC(NC(=O)CCC(N)C(=O)O)C(=O)NC(O)C(=O)O)C1=C2CCC=CC2C(=O)O1. The number of cyclic esters (lactones) is 1. The second-order valence-electron chi connectivity index (χ2n) is 8.22. The van der Waals surface area contributed by atoms with Crippen LogP contribution in [0.25, 0.3) is 0 Å². The topological polar surface area (TPSA) is 205 Å². The minimum atomic E-state index is -2.17. The molecule has 1 aliphatic carbocycles. The Morgan fingerprint density at radius 3 is 2.54 bits per heavy atom. The summed E-state index contributed by atoms with van der Waals surface area (Å²) >= 11 is 1.26. The van der Waals surface area contributed by atoms with Gasteiger partial charge in [0, 0.05) is 12.2 Å². The molecule has 12 nitrogen and oxygen atoms in total. The highest BCUT2D eigenvalue weighted by Gasteiger charge is 2.38. The summed E-state index contributed by atoms with van der Waals surface area (Å²) in [4.78, 5) is 59.1. The van der Waals surface area contributed by atoms with Crippen LogP contribution in [0.2, 0.25) is 0 Å². The molecule has 0 aromatic heterocycles. The van der Waals surface area contributed by atoms with E-state index in [2.05, 4.69) is 5.32 Å². The average Bonchev–Trinajstić information content (AvgIpc) is 3.15. The zero-order chi connectivity index (χ0) is 26.1. The summed E-state index contributed by atoms with van der Waals surface area (Å²) in [5.41, 5.74) is 6.31. The van der Waals surface area contributed by atoms with Crippen molar-refractivity contribution in [3.63, 3.8) is 0 Å². The first kappa shape index (κ1) is 28.3. The van der Waals surface area contributed by atoms with Crippen molar-refractivity contribution in [3.05, 3.63) is 23.5 Å². The number of carboxylic acid groups (broad SMARTS) is 2. The number of aliphatic carboxylic acids is 2. The van der Waals surface area contributed by atoms with E-state index in [0.29, 0.717) is 18.6 Å². The number of aliphatic hydroxyl groups is 1. The Hall–Kier alpha value is -2.90. The van der Waals surface area contributed by atoms with Crippen LogP contribution in [0.1, 0.15) is 45.4 Å². The molecule has 0 aromatic rings. The number of esters is 1. The van der Waals surface area contributed by atoms with Crippen LogP contribution in [0.4, 0.5) is 0 Å². The number of rotatable bonds is 14. The summed E-state index contributed by atoms with van der Waals surface area (Å²) in [6, 6.07) is -2.50. The van der Waals surface area contributed by atoms with E-state index in [1.54, 1.807) is 0 Å². The van der Waals surface area contributed by atoms with Crippen LogP contribution in [0.15, 0.2) is 23.5 Å². The van der Waals surface area contributed by atoms with Gasteiger partial charge in [0.15, 0.2) is 0 Å². The van der Waals surface area contributed by atoms with E-state index < -0.39 is 48.0 Å². The number of nitrogens with one attached hydrogen (secondary N) is 2. The molecule has 0 saturated carbocycles. The molecule has 0 saturated heterocycles. The molecule has 0 spiro atoms. The Morgan fingerprint density at radius 1 is 1.20 bits per heavy atom. The number of carbonyl (C=O) groups excluding carboxylic acids is 3. The van der Waals surface area contributed by atoms with E-state index in [0.717, 1.165) is 18.4 Å². The van der Waals surface area contributed by atoms with Crippen molar-refractivity contribution in [1.82, 2.24) is 10.6 Å². The summed E-state index contributed by atoms with van der Waals surface area (Å²) in [7, 11) is 0. The van der Waals surface area contributed by atoms with Gasteiger partial charge < -0.3 is 36.4 Å². The van der Waals surface area contributed by atoms with E-state index in [1.807, 2.05) is 24.4 Å². The van der Waals surface area contributed by atoms with E-state index in [-0.39, 0.29) is 29.8 Å². The highest BCUT2D eigenvalue weighted by molar-refractivity contribution is 8.00. The average molecular weight is 514 g/mol. The molecule has 0 radical (unpaired) electrons. The van der Waals surface area contributed by atoms with Crippen molar-refractivity contribution in [3.8, 4) is 0 Å². The van der Waals surface area contributed by atoms with Crippen LogP contribution in [0.3, 0.4) is 0 Å². The Labute approximate surface area is 206 Å². The molecule has 2 aliphatic rings. The van der Waals surface area contributed by atoms with E-state index in [9.17, 15) is 29.1 Å². The van der Waals surface area contributed by atoms with Gasteiger partial charge in [0.2, 0.25) is 18.0 Å². The van der Waals surface area contributed by atoms with Crippen LogP contribution < -0.4 is 16.4 Å². The number of ether oxygens (including phenoxy) is 1. The van der Waals surface area contributed by atoms with Crippen LogP contribution >= 0.6 is 11.8 Å². The normalized spacial score (nSPS) is 20.3. The Balaban J connectivity index is 2.14. The molecule has 35 heavy (non-hydrogen) atoms. The van der Waals surface area contributed by atoms with Crippen LogP contribution in [-0.2, 0) is 28.7 Å².